The maximum Gasteiger partial charge on any atom is 0.433 e. The lowest BCUT2D eigenvalue weighted by Crippen LogP contribution is -2.17. The molecule has 0 aromatic heterocycles. The number of amides is 1. The third kappa shape index (κ3) is 3.59. The molecule has 0 aliphatic carbocycles. The molecule has 1 aromatic rings. The Kier molecular flexibility index (Phi) is 4.12. The molecule has 0 atom stereocenters. The fraction of sp³-hybridized carbons (Fsp3) is 0.200. The van der Waals surface area contributed by atoms with Crippen molar-refractivity contribution >= 4 is 23.4 Å². The molecular weight excluding hydrogens is 216 g/mol. The summed E-state index contributed by atoms with van der Waals surface area (Å²) in [7, 11) is 1.47. The molecule has 0 spiro atoms. The number of halogens is 1. The minimum absolute atomic E-state index is 0.594. The summed E-state index contributed by atoms with van der Waals surface area (Å²) in [4.78, 5) is 15.3. The lowest BCUT2D eigenvalue weighted by atomic mass is 10.1. The highest BCUT2D eigenvalue weighted by molar-refractivity contribution is 6.30. The average Bonchev–Trinajstić information content (AvgIpc) is 2.26. The molecular formula is C10H11ClN2O2. The van der Waals surface area contributed by atoms with Crippen LogP contribution in [0.2, 0.25) is 5.02 Å². The minimum Gasteiger partial charge on any atom is -0.323 e. The van der Waals surface area contributed by atoms with E-state index in [1.807, 2.05) is 0 Å². The standard InChI is InChI=1S/C10H11ClN2O2/c1-7(13-15-10(14)12-2)8-3-5-9(11)6-4-8/h3-6H,1-2H3,(H,12,14)/b13-7-. The molecule has 1 aromatic carbocycles. The number of benzene rings is 1. The zero-order valence-electron chi connectivity index (χ0n) is 8.45. The van der Waals surface area contributed by atoms with Gasteiger partial charge in [0.1, 0.15) is 0 Å². The quantitative estimate of drug-likeness (QED) is 0.478. The Morgan fingerprint density at radius 3 is 2.53 bits per heavy atom. The molecule has 15 heavy (non-hydrogen) atoms. The van der Waals surface area contributed by atoms with Crippen molar-refractivity contribution in [3.05, 3.63) is 34.9 Å². The maximum absolute atomic E-state index is 10.7. The summed E-state index contributed by atoms with van der Waals surface area (Å²) in [5.41, 5.74) is 1.46. The number of carbonyl (C=O) groups is 1. The van der Waals surface area contributed by atoms with Gasteiger partial charge in [-0.3, -0.25) is 4.84 Å². The number of nitrogens with one attached hydrogen (secondary N) is 1. The van der Waals surface area contributed by atoms with Crippen molar-refractivity contribution in [2.75, 3.05) is 7.05 Å². The Hall–Kier alpha value is -1.55. The summed E-state index contributed by atoms with van der Waals surface area (Å²) in [5.74, 6) is 0. The highest BCUT2D eigenvalue weighted by Gasteiger charge is 2.00. The summed E-state index contributed by atoms with van der Waals surface area (Å²) in [5, 5.41) is 6.60. The van der Waals surface area contributed by atoms with E-state index in [9.17, 15) is 4.79 Å². The number of oxime groups is 1. The summed E-state index contributed by atoms with van der Waals surface area (Å²) in [6.07, 6.45) is -0.594. The number of rotatable bonds is 2. The summed E-state index contributed by atoms with van der Waals surface area (Å²) >= 11 is 5.73. The minimum atomic E-state index is -0.594. The molecule has 1 amide bonds. The van der Waals surface area contributed by atoms with Gasteiger partial charge in [-0.1, -0.05) is 28.9 Å². The van der Waals surface area contributed by atoms with Crippen molar-refractivity contribution in [2.24, 2.45) is 5.16 Å². The van der Waals surface area contributed by atoms with Gasteiger partial charge >= 0.3 is 6.09 Å². The summed E-state index contributed by atoms with van der Waals surface area (Å²) in [6.45, 7) is 1.74. The van der Waals surface area contributed by atoms with Gasteiger partial charge in [-0.2, -0.15) is 0 Å². The van der Waals surface area contributed by atoms with E-state index in [0.717, 1.165) is 5.56 Å². The zero-order chi connectivity index (χ0) is 11.3. The van der Waals surface area contributed by atoms with E-state index >= 15 is 0 Å². The molecule has 80 valence electrons. The van der Waals surface area contributed by atoms with Crippen LogP contribution in [0.15, 0.2) is 29.4 Å². The van der Waals surface area contributed by atoms with Gasteiger partial charge in [0.15, 0.2) is 0 Å². The average molecular weight is 227 g/mol. The molecule has 0 saturated carbocycles. The Labute approximate surface area is 92.9 Å². The number of nitrogens with zero attached hydrogens (tertiary/aromatic N) is 1. The van der Waals surface area contributed by atoms with Crippen LogP contribution >= 0.6 is 11.6 Å². The van der Waals surface area contributed by atoms with Crippen molar-refractivity contribution in [1.29, 1.82) is 0 Å². The van der Waals surface area contributed by atoms with Gasteiger partial charge in [-0.15, -0.1) is 0 Å². The molecule has 5 heteroatoms. The number of hydrogen-bond acceptors (Lipinski definition) is 3. The SMILES string of the molecule is CNC(=O)O/N=C(/C)c1ccc(Cl)cc1. The monoisotopic (exact) mass is 226 g/mol. The number of carbonyl (C=O) groups excluding carboxylic acids is 1. The summed E-state index contributed by atoms with van der Waals surface area (Å²) < 4.78 is 0. The molecule has 0 aliphatic heterocycles. The van der Waals surface area contributed by atoms with E-state index in [4.69, 9.17) is 11.6 Å². The first-order valence-corrected chi connectivity index (χ1v) is 4.70. The zero-order valence-corrected chi connectivity index (χ0v) is 9.21. The molecule has 4 nitrogen and oxygen atoms in total. The maximum atomic E-state index is 10.7. The lowest BCUT2D eigenvalue weighted by Gasteiger charge is -2.00. The third-order valence-corrected chi connectivity index (χ3v) is 1.98. The van der Waals surface area contributed by atoms with Crippen molar-refractivity contribution in [1.82, 2.24) is 5.32 Å². The molecule has 0 bridgehead atoms. The molecule has 1 rings (SSSR count). The fourth-order valence-electron chi connectivity index (χ4n) is 0.899. The second-order valence-corrected chi connectivity index (χ2v) is 3.25. The van der Waals surface area contributed by atoms with E-state index in [0.29, 0.717) is 10.7 Å². The Morgan fingerprint density at radius 2 is 2.00 bits per heavy atom. The van der Waals surface area contributed by atoms with E-state index < -0.39 is 6.09 Å². The second-order valence-electron chi connectivity index (χ2n) is 2.81. The van der Waals surface area contributed by atoms with E-state index in [1.165, 1.54) is 7.05 Å². The van der Waals surface area contributed by atoms with Gasteiger partial charge in [-0.05, 0) is 24.6 Å². The van der Waals surface area contributed by atoms with Crippen molar-refractivity contribution < 1.29 is 9.63 Å². The van der Waals surface area contributed by atoms with Crippen molar-refractivity contribution in [3.8, 4) is 0 Å². The van der Waals surface area contributed by atoms with Gasteiger partial charge in [0.05, 0.1) is 5.71 Å². The predicted molar refractivity (Wildman–Crippen MR) is 59.2 cm³/mol. The molecule has 0 radical (unpaired) electrons. The van der Waals surface area contributed by atoms with Crippen molar-refractivity contribution in [3.63, 3.8) is 0 Å². The highest BCUT2D eigenvalue weighted by Crippen LogP contribution is 2.10. The molecule has 0 saturated heterocycles. The van der Waals surface area contributed by atoms with Gasteiger partial charge in [0, 0.05) is 12.1 Å². The predicted octanol–water partition coefficient (Wildman–Crippen LogP) is 2.42. The summed E-state index contributed by atoms with van der Waals surface area (Å²) in [6, 6.07) is 7.09. The lowest BCUT2D eigenvalue weighted by molar-refractivity contribution is 0.153. The smallest absolute Gasteiger partial charge is 0.323 e. The van der Waals surface area contributed by atoms with Crippen LogP contribution in [0, 0.1) is 0 Å². The Morgan fingerprint density at radius 1 is 1.40 bits per heavy atom. The van der Waals surface area contributed by atoms with Crippen LogP contribution in [-0.2, 0) is 4.84 Å². The first-order valence-electron chi connectivity index (χ1n) is 4.32. The van der Waals surface area contributed by atoms with Crippen LogP contribution in [0.3, 0.4) is 0 Å². The second kappa shape index (κ2) is 5.36. The van der Waals surface area contributed by atoms with Crippen LogP contribution in [0.25, 0.3) is 0 Å². The van der Waals surface area contributed by atoms with Gasteiger partial charge < -0.3 is 5.32 Å². The molecule has 0 unspecified atom stereocenters. The molecule has 0 aliphatic rings. The largest absolute Gasteiger partial charge is 0.433 e. The van der Waals surface area contributed by atoms with Gasteiger partial charge in [0.2, 0.25) is 0 Å². The molecule has 0 fully saturated rings. The molecule has 0 heterocycles. The van der Waals surface area contributed by atoms with Gasteiger partial charge in [0.25, 0.3) is 0 Å². The first-order chi connectivity index (χ1) is 7.13. The van der Waals surface area contributed by atoms with Crippen LogP contribution in [0.1, 0.15) is 12.5 Å². The van der Waals surface area contributed by atoms with Crippen LogP contribution < -0.4 is 5.32 Å². The Balaban J connectivity index is 2.71. The van der Waals surface area contributed by atoms with Crippen LogP contribution in [-0.4, -0.2) is 18.9 Å². The fourth-order valence-corrected chi connectivity index (χ4v) is 1.03. The third-order valence-electron chi connectivity index (χ3n) is 1.73. The van der Waals surface area contributed by atoms with E-state index in [1.54, 1.807) is 31.2 Å². The molecule has 1 N–H and O–H groups in total. The van der Waals surface area contributed by atoms with E-state index in [-0.39, 0.29) is 0 Å². The highest BCUT2D eigenvalue weighted by atomic mass is 35.5. The van der Waals surface area contributed by atoms with Gasteiger partial charge in [-0.25, -0.2) is 4.79 Å². The topological polar surface area (TPSA) is 50.7 Å². The van der Waals surface area contributed by atoms with Crippen molar-refractivity contribution in [2.45, 2.75) is 6.92 Å². The van der Waals surface area contributed by atoms with Crippen LogP contribution in [0.5, 0.6) is 0 Å². The van der Waals surface area contributed by atoms with Crippen LogP contribution in [0.4, 0.5) is 4.79 Å². The first kappa shape index (κ1) is 11.5. The van der Waals surface area contributed by atoms with E-state index in [2.05, 4.69) is 15.3 Å². The number of hydrogen-bond donors (Lipinski definition) is 1. The Bertz CT molecular complexity index is 374. The normalized spacial score (nSPS) is 11.0.